The van der Waals surface area contributed by atoms with Crippen molar-refractivity contribution in [3.63, 3.8) is 0 Å². The smallest absolute Gasteiger partial charge is 0.321 e. The van der Waals surface area contributed by atoms with Crippen LogP contribution in [0, 0.1) is 29.6 Å². The van der Waals surface area contributed by atoms with Gasteiger partial charge in [0.05, 0.1) is 0 Å². The fourth-order valence-electron chi connectivity index (χ4n) is 7.19. The molecule has 5 nitrogen and oxygen atoms in total. The van der Waals surface area contributed by atoms with Crippen molar-refractivity contribution in [3.05, 3.63) is 11.8 Å². The second kappa shape index (κ2) is 7.72. The van der Waals surface area contributed by atoms with Crippen LogP contribution in [0.1, 0.15) is 70.6 Å². The summed E-state index contributed by atoms with van der Waals surface area (Å²) in [4.78, 5) is 27.1. The SMILES string of the molecule is O=C(CCNC(=O)N1CCCC2CCCC=C21)NC1C2CC3CC(C2)CC1C3. The van der Waals surface area contributed by atoms with Gasteiger partial charge in [0.25, 0.3) is 0 Å². The quantitative estimate of drug-likeness (QED) is 0.773. The molecule has 1 aliphatic heterocycles. The van der Waals surface area contributed by atoms with E-state index in [9.17, 15) is 9.59 Å². The number of hydrogen-bond donors (Lipinski definition) is 2. The van der Waals surface area contributed by atoms with Crippen LogP contribution >= 0.6 is 0 Å². The maximum Gasteiger partial charge on any atom is 0.321 e. The van der Waals surface area contributed by atoms with E-state index in [1.807, 2.05) is 4.90 Å². The van der Waals surface area contributed by atoms with E-state index in [0.717, 1.165) is 31.2 Å². The second-order valence-electron chi connectivity index (χ2n) is 10.1. The second-order valence-corrected chi connectivity index (χ2v) is 10.1. The lowest BCUT2D eigenvalue weighted by Gasteiger charge is -2.54. The van der Waals surface area contributed by atoms with Crippen LogP contribution in [-0.2, 0) is 4.79 Å². The Kier molecular flexibility index (Phi) is 5.10. The summed E-state index contributed by atoms with van der Waals surface area (Å²) in [5, 5.41) is 6.35. The molecule has 5 aliphatic carbocycles. The van der Waals surface area contributed by atoms with Crippen LogP contribution in [0.5, 0.6) is 0 Å². The molecule has 6 aliphatic rings. The van der Waals surface area contributed by atoms with Crippen molar-refractivity contribution in [2.24, 2.45) is 29.6 Å². The summed E-state index contributed by atoms with van der Waals surface area (Å²) in [6, 6.07) is 0.381. The number of amides is 3. The van der Waals surface area contributed by atoms with Crippen molar-refractivity contribution >= 4 is 11.9 Å². The Labute approximate surface area is 168 Å². The van der Waals surface area contributed by atoms with Crippen LogP contribution in [0.15, 0.2) is 11.8 Å². The molecule has 4 bridgehead atoms. The summed E-state index contributed by atoms with van der Waals surface area (Å²) in [5.74, 6) is 3.95. The molecule has 0 aromatic rings. The highest BCUT2D eigenvalue weighted by atomic mass is 16.2. The first-order valence-corrected chi connectivity index (χ1v) is 11.7. The number of piperidine rings is 1. The van der Waals surface area contributed by atoms with Crippen molar-refractivity contribution in [2.75, 3.05) is 13.1 Å². The molecular formula is C23H35N3O2. The molecule has 1 unspecified atom stereocenters. The Hall–Kier alpha value is -1.52. The first kappa shape index (κ1) is 18.5. The summed E-state index contributed by atoms with van der Waals surface area (Å²) in [7, 11) is 0. The molecule has 2 N–H and O–H groups in total. The van der Waals surface area contributed by atoms with Crippen LogP contribution < -0.4 is 10.6 Å². The Morgan fingerprint density at radius 2 is 1.71 bits per heavy atom. The largest absolute Gasteiger partial charge is 0.353 e. The average molecular weight is 386 g/mol. The van der Waals surface area contributed by atoms with Crippen LogP contribution in [0.25, 0.3) is 0 Å². The molecule has 1 saturated heterocycles. The zero-order valence-electron chi connectivity index (χ0n) is 17.0. The summed E-state index contributed by atoms with van der Waals surface area (Å²) in [5.41, 5.74) is 1.23. The first-order chi connectivity index (χ1) is 13.7. The van der Waals surface area contributed by atoms with Crippen LogP contribution in [0.2, 0.25) is 0 Å². The van der Waals surface area contributed by atoms with E-state index in [-0.39, 0.29) is 11.9 Å². The van der Waals surface area contributed by atoms with Gasteiger partial charge in [0.15, 0.2) is 0 Å². The van der Waals surface area contributed by atoms with Gasteiger partial charge in [-0.3, -0.25) is 9.69 Å². The van der Waals surface area contributed by atoms with Gasteiger partial charge in [-0.1, -0.05) is 6.08 Å². The lowest BCUT2D eigenvalue weighted by molar-refractivity contribution is -0.124. The highest BCUT2D eigenvalue weighted by molar-refractivity contribution is 5.79. The number of hydrogen-bond acceptors (Lipinski definition) is 2. The maximum absolute atomic E-state index is 12.7. The molecule has 0 aromatic carbocycles. The predicted octanol–water partition coefficient (Wildman–Crippen LogP) is 3.81. The normalized spacial score (nSPS) is 38.6. The van der Waals surface area contributed by atoms with Gasteiger partial charge in [0, 0.05) is 31.2 Å². The lowest BCUT2D eigenvalue weighted by Crippen LogP contribution is -2.56. The molecular weight excluding hydrogens is 350 g/mol. The van der Waals surface area contributed by atoms with E-state index in [4.69, 9.17) is 0 Å². The Bertz CT molecular complexity index is 630. The van der Waals surface area contributed by atoms with E-state index < -0.39 is 0 Å². The number of allylic oxidation sites excluding steroid dienone is 2. The molecule has 5 fully saturated rings. The van der Waals surface area contributed by atoms with E-state index in [1.165, 1.54) is 57.1 Å². The summed E-state index contributed by atoms with van der Waals surface area (Å²) in [6.07, 6.45) is 15.2. The van der Waals surface area contributed by atoms with Gasteiger partial charge in [-0.05, 0) is 93.8 Å². The predicted molar refractivity (Wildman–Crippen MR) is 108 cm³/mol. The number of rotatable bonds is 4. The third-order valence-electron chi connectivity index (χ3n) is 8.20. The van der Waals surface area contributed by atoms with Crippen molar-refractivity contribution < 1.29 is 9.59 Å². The molecule has 6 rings (SSSR count). The molecule has 1 heterocycles. The van der Waals surface area contributed by atoms with Gasteiger partial charge in [-0.2, -0.15) is 0 Å². The minimum absolute atomic E-state index is 0.0136. The van der Waals surface area contributed by atoms with Crippen LogP contribution in [0.3, 0.4) is 0 Å². The number of likely N-dealkylation sites (tertiary alicyclic amines) is 1. The van der Waals surface area contributed by atoms with Crippen molar-refractivity contribution in [3.8, 4) is 0 Å². The number of carbonyl (C=O) groups is 2. The van der Waals surface area contributed by atoms with Gasteiger partial charge < -0.3 is 10.6 Å². The lowest BCUT2D eigenvalue weighted by atomic mass is 9.54. The summed E-state index contributed by atoms with van der Waals surface area (Å²) >= 11 is 0. The zero-order valence-corrected chi connectivity index (χ0v) is 17.0. The fourth-order valence-corrected chi connectivity index (χ4v) is 7.19. The molecule has 3 amide bonds. The number of carbonyl (C=O) groups excluding carboxylic acids is 2. The maximum atomic E-state index is 12.7. The molecule has 154 valence electrons. The number of nitrogens with zero attached hydrogens (tertiary/aromatic N) is 1. The van der Waals surface area contributed by atoms with E-state index in [0.29, 0.717) is 36.8 Å². The Morgan fingerprint density at radius 3 is 2.46 bits per heavy atom. The Balaban J connectivity index is 1.09. The van der Waals surface area contributed by atoms with Gasteiger partial charge in [0.2, 0.25) is 5.91 Å². The molecule has 5 heteroatoms. The molecule has 0 aromatic heterocycles. The highest BCUT2D eigenvalue weighted by Gasteiger charge is 2.48. The number of nitrogens with one attached hydrogen (secondary N) is 2. The summed E-state index contributed by atoms with van der Waals surface area (Å²) < 4.78 is 0. The van der Waals surface area contributed by atoms with Crippen molar-refractivity contribution in [2.45, 2.75) is 76.7 Å². The number of fused-ring (bicyclic) bond motifs is 1. The number of urea groups is 1. The topological polar surface area (TPSA) is 61.4 Å². The zero-order chi connectivity index (χ0) is 19.1. The fraction of sp³-hybridized carbons (Fsp3) is 0.826. The standard InChI is InChI=1S/C23H35N3O2/c27-21(25-22-18-11-15-10-16(13-18)14-19(22)12-15)7-8-24-23(28)26-9-3-5-17-4-1-2-6-20(17)26/h6,15-19,22H,1-5,7-14H2,(H,24,28)(H,25,27). The van der Waals surface area contributed by atoms with Gasteiger partial charge in [0.1, 0.15) is 0 Å². The molecule has 0 spiro atoms. The third-order valence-corrected chi connectivity index (χ3v) is 8.20. The van der Waals surface area contributed by atoms with Gasteiger partial charge in [-0.15, -0.1) is 0 Å². The monoisotopic (exact) mass is 385 g/mol. The summed E-state index contributed by atoms with van der Waals surface area (Å²) in [6.45, 7) is 1.25. The van der Waals surface area contributed by atoms with E-state index in [2.05, 4.69) is 16.7 Å². The van der Waals surface area contributed by atoms with Gasteiger partial charge >= 0.3 is 6.03 Å². The third kappa shape index (κ3) is 3.57. The first-order valence-electron chi connectivity index (χ1n) is 11.7. The Morgan fingerprint density at radius 1 is 1.00 bits per heavy atom. The minimum Gasteiger partial charge on any atom is -0.353 e. The molecule has 0 radical (unpaired) electrons. The van der Waals surface area contributed by atoms with Crippen molar-refractivity contribution in [1.82, 2.24) is 15.5 Å². The molecule has 28 heavy (non-hydrogen) atoms. The molecule has 4 saturated carbocycles. The van der Waals surface area contributed by atoms with Crippen LogP contribution in [0.4, 0.5) is 4.79 Å². The van der Waals surface area contributed by atoms with E-state index in [1.54, 1.807) is 0 Å². The van der Waals surface area contributed by atoms with Gasteiger partial charge in [-0.25, -0.2) is 4.79 Å². The van der Waals surface area contributed by atoms with Crippen molar-refractivity contribution in [1.29, 1.82) is 0 Å². The average Bonchev–Trinajstić information content (AvgIpc) is 2.69. The minimum atomic E-state index is -0.0136. The van der Waals surface area contributed by atoms with Crippen LogP contribution in [-0.4, -0.2) is 36.0 Å². The highest BCUT2D eigenvalue weighted by Crippen LogP contribution is 2.53. The molecule has 1 atom stereocenters. The van der Waals surface area contributed by atoms with E-state index >= 15 is 0 Å².